The first-order valence-electron chi connectivity index (χ1n) is 15.1. The second kappa shape index (κ2) is 10.2. The molecule has 0 saturated heterocycles. The van der Waals surface area contributed by atoms with Crippen molar-refractivity contribution in [3.8, 4) is 32.7 Å². The number of fused-ring (bicyclic) bond motifs is 7. The maximum atomic E-state index is 5.06. The van der Waals surface area contributed by atoms with Crippen LogP contribution in [0.1, 0.15) is 16.8 Å². The second-order valence-electron chi connectivity index (χ2n) is 11.6. The number of hydrogen-bond donors (Lipinski definition) is 0. The van der Waals surface area contributed by atoms with E-state index in [1.807, 2.05) is 17.5 Å². The van der Waals surface area contributed by atoms with Gasteiger partial charge in [0.2, 0.25) is 0 Å². The van der Waals surface area contributed by atoms with Crippen molar-refractivity contribution in [2.75, 3.05) is 0 Å². The van der Waals surface area contributed by atoms with E-state index in [9.17, 15) is 0 Å². The standard InChI is InChI=1S/C42H27NS/c1-2-9-29-23-30(14-13-27(29)7-1)31-15-16-33-25-34(18-17-32(33)24-31)35-20-22-39(43-26-35)37-21-19-28-8-3-4-10-36(28)42-41(37)38-11-5-6-12-40(38)44-42/h1-18,20-26H,19H2. The first-order chi connectivity index (χ1) is 21.8. The van der Waals surface area contributed by atoms with Gasteiger partial charge in [-0.1, -0.05) is 115 Å². The van der Waals surface area contributed by atoms with Crippen LogP contribution in [0, 0.1) is 0 Å². The lowest BCUT2D eigenvalue weighted by atomic mass is 9.95. The van der Waals surface area contributed by atoms with Crippen molar-refractivity contribution in [3.63, 3.8) is 0 Å². The number of hydrogen-bond acceptors (Lipinski definition) is 2. The summed E-state index contributed by atoms with van der Waals surface area (Å²) in [6.07, 6.45) is 5.30. The highest BCUT2D eigenvalue weighted by atomic mass is 32.1. The molecule has 1 nitrogen and oxygen atoms in total. The minimum atomic E-state index is 0.899. The van der Waals surface area contributed by atoms with Crippen LogP contribution < -0.4 is 0 Å². The normalized spacial score (nSPS) is 12.6. The summed E-state index contributed by atoms with van der Waals surface area (Å²) in [7, 11) is 0. The smallest absolute Gasteiger partial charge is 0.0706 e. The molecule has 2 heteroatoms. The van der Waals surface area contributed by atoms with E-state index >= 15 is 0 Å². The van der Waals surface area contributed by atoms with Crippen molar-refractivity contribution >= 4 is 48.5 Å². The van der Waals surface area contributed by atoms with Gasteiger partial charge in [0, 0.05) is 37.9 Å². The van der Waals surface area contributed by atoms with Crippen molar-refractivity contribution < 1.29 is 0 Å². The molecule has 9 rings (SSSR count). The third kappa shape index (κ3) is 4.18. The van der Waals surface area contributed by atoms with Gasteiger partial charge >= 0.3 is 0 Å². The molecular weight excluding hydrogens is 551 g/mol. The van der Waals surface area contributed by atoms with Crippen LogP contribution in [0.2, 0.25) is 0 Å². The molecule has 1 aliphatic rings. The number of rotatable bonds is 3. The summed E-state index contributed by atoms with van der Waals surface area (Å²) in [5, 5.41) is 6.31. The van der Waals surface area contributed by atoms with Crippen molar-refractivity contribution in [1.82, 2.24) is 4.98 Å². The summed E-state index contributed by atoms with van der Waals surface area (Å²) in [5.74, 6) is 0. The molecule has 0 bridgehead atoms. The molecule has 206 valence electrons. The molecule has 0 saturated carbocycles. The summed E-state index contributed by atoms with van der Waals surface area (Å²) in [6.45, 7) is 0. The molecule has 1 aliphatic carbocycles. The molecule has 0 atom stereocenters. The largest absolute Gasteiger partial charge is 0.256 e. The van der Waals surface area contributed by atoms with Gasteiger partial charge in [0.1, 0.15) is 0 Å². The van der Waals surface area contributed by atoms with Crippen LogP contribution in [0.5, 0.6) is 0 Å². The first kappa shape index (κ1) is 25.2. The maximum Gasteiger partial charge on any atom is 0.0706 e. The van der Waals surface area contributed by atoms with E-state index in [1.54, 1.807) is 0 Å². The molecule has 2 aromatic heterocycles. The van der Waals surface area contributed by atoms with Gasteiger partial charge in [-0.2, -0.15) is 0 Å². The number of aromatic nitrogens is 1. The van der Waals surface area contributed by atoms with Gasteiger partial charge in [-0.25, -0.2) is 0 Å². The van der Waals surface area contributed by atoms with Crippen LogP contribution >= 0.6 is 11.3 Å². The fourth-order valence-electron chi connectivity index (χ4n) is 6.67. The highest BCUT2D eigenvalue weighted by molar-refractivity contribution is 7.22. The number of thiophene rings is 1. The maximum absolute atomic E-state index is 5.06. The second-order valence-corrected chi connectivity index (χ2v) is 12.6. The Hall–Kier alpha value is -5.31. The van der Waals surface area contributed by atoms with E-state index in [0.29, 0.717) is 0 Å². The van der Waals surface area contributed by atoms with Crippen LogP contribution in [0.25, 0.3) is 69.9 Å². The highest BCUT2D eigenvalue weighted by Crippen LogP contribution is 2.47. The lowest BCUT2D eigenvalue weighted by Gasteiger charge is -2.11. The summed E-state index contributed by atoms with van der Waals surface area (Å²) in [5.41, 5.74) is 11.0. The molecule has 44 heavy (non-hydrogen) atoms. The zero-order valence-corrected chi connectivity index (χ0v) is 24.8. The topological polar surface area (TPSA) is 12.9 Å². The third-order valence-corrected chi connectivity index (χ3v) is 10.2. The number of pyridine rings is 1. The van der Waals surface area contributed by atoms with Crippen molar-refractivity contribution in [1.29, 1.82) is 0 Å². The summed E-state index contributed by atoms with van der Waals surface area (Å²) < 4.78 is 1.32. The highest BCUT2D eigenvalue weighted by Gasteiger charge is 2.23. The molecule has 2 heterocycles. The minimum absolute atomic E-state index is 0.899. The molecule has 8 aromatic rings. The minimum Gasteiger partial charge on any atom is -0.256 e. The van der Waals surface area contributed by atoms with Gasteiger partial charge in [0.15, 0.2) is 0 Å². The van der Waals surface area contributed by atoms with Crippen molar-refractivity contribution in [3.05, 3.63) is 169 Å². The van der Waals surface area contributed by atoms with Gasteiger partial charge < -0.3 is 0 Å². The fourth-order valence-corrected chi connectivity index (χ4v) is 7.94. The van der Waals surface area contributed by atoms with Crippen molar-refractivity contribution in [2.24, 2.45) is 0 Å². The molecule has 0 fully saturated rings. The van der Waals surface area contributed by atoms with E-state index < -0.39 is 0 Å². The predicted molar refractivity (Wildman–Crippen MR) is 188 cm³/mol. The van der Waals surface area contributed by atoms with Crippen LogP contribution in [-0.2, 0) is 6.42 Å². The Labute approximate surface area is 260 Å². The average Bonchev–Trinajstić information content (AvgIpc) is 3.39. The van der Waals surface area contributed by atoms with Crippen LogP contribution in [0.4, 0.5) is 0 Å². The molecule has 0 spiro atoms. The zero-order valence-electron chi connectivity index (χ0n) is 24.0. The Morgan fingerprint density at radius 3 is 1.91 bits per heavy atom. The lowest BCUT2D eigenvalue weighted by molar-refractivity contribution is 1.25. The Morgan fingerprint density at radius 1 is 0.523 bits per heavy atom. The number of allylic oxidation sites excluding steroid dienone is 1. The molecule has 0 aliphatic heterocycles. The number of benzene rings is 6. The Balaban J connectivity index is 1.07. The SMILES string of the molecule is C1=C(c2ccc(-c3ccc4cc(-c5ccc6ccccc6c5)ccc4c3)cn2)c2c(sc3ccccc23)-c2ccccc2C1. The summed E-state index contributed by atoms with van der Waals surface area (Å²) in [6, 6.07) is 50.7. The summed E-state index contributed by atoms with van der Waals surface area (Å²) in [4.78, 5) is 6.41. The predicted octanol–water partition coefficient (Wildman–Crippen LogP) is 11.6. The Kier molecular flexibility index (Phi) is 5.82. The Morgan fingerprint density at radius 2 is 1.14 bits per heavy atom. The molecule has 6 aromatic carbocycles. The molecule has 0 radical (unpaired) electrons. The van der Waals surface area contributed by atoms with E-state index in [-0.39, 0.29) is 0 Å². The first-order valence-corrected chi connectivity index (χ1v) is 15.9. The van der Waals surface area contributed by atoms with E-state index in [4.69, 9.17) is 4.98 Å². The van der Waals surface area contributed by atoms with Gasteiger partial charge in [0.05, 0.1) is 5.69 Å². The molecule has 0 amide bonds. The molecule has 0 N–H and O–H groups in total. The third-order valence-electron chi connectivity index (χ3n) is 8.95. The summed E-state index contributed by atoms with van der Waals surface area (Å²) >= 11 is 1.89. The zero-order chi connectivity index (χ0) is 29.0. The van der Waals surface area contributed by atoms with Crippen LogP contribution in [0.3, 0.4) is 0 Å². The van der Waals surface area contributed by atoms with Crippen LogP contribution in [-0.4, -0.2) is 4.98 Å². The monoisotopic (exact) mass is 577 g/mol. The Bertz CT molecular complexity index is 2410. The van der Waals surface area contributed by atoms with E-state index in [2.05, 4.69) is 146 Å². The van der Waals surface area contributed by atoms with E-state index in [0.717, 1.165) is 17.7 Å². The fraction of sp³-hybridized carbons (Fsp3) is 0.0238. The van der Waals surface area contributed by atoms with Gasteiger partial charge in [-0.05, 0) is 86.1 Å². The quantitative estimate of drug-likeness (QED) is 0.203. The van der Waals surface area contributed by atoms with Crippen molar-refractivity contribution in [2.45, 2.75) is 6.42 Å². The van der Waals surface area contributed by atoms with Gasteiger partial charge in [-0.15, -0.1) is 11.3 Å². The lowest BCUT2D eigenvalue weighted by Crippen LogP contribution is -1.93. The number of nitrogens with zero attached hydrogens (tertiary/aromatic N) is 1. The van der Waals surface area contributed by atoms with Crippen LogP contribution in [0.15, 0.2) is 152 Å². The molecule has 0 unspecified atom stereocenters. The van der Waals surface area contributed by atoms with Gasteiger partial charge in [0.25, 0.3) is 0 Å². The average molecular weight is 578 g/mol. The van der Waals surface area contributed by atoms with E-state index in [1.165, 1.54) is 75.5 Å². The molecular formula is C42H27NS. The van der Waals surface area contributed by atoms with Gasteiger partial charge in [-0.3, -0.25) is 4.98 Å².